The van der Waals surface area contributed by atoms with Gasteiger partial charge in [0.15, 0.2) is 0 Å². The summed E-state index contributed by atoms with van der Waals surface area (Å²) >= 11 is 3.57. The number of halogens is 1. The summed E-state index contributed by atoms with van der Waals surface area (Å²) < 4.78 is 11.8. The molecule has 0 aromatic heterocycles. The summed E-state index contributed by atoms with van der Waals surface area (Å²) in [5.41, 5.74) is 7.35. The maximum Gasteiger partial charge on any atom is 0.119 e. The van der Waals surface area contributed by atoms with Crippen LogP contribution in [0.2, 0.25) is 0 Å². The Morgan fingerprint density at radius 3 is 3.06 bits per heavy atom. The van der Waals surface area contributed by atoms with Gasteiger partial charge in [0.25, 0.3) is 0 Å². The second-order valence-corrected chi connectivity index (χ2v) is 5.30. The summed E-state index contributed by atoms with van der Waals surface area (Å²) in [6.07, 6.45) is 1.88. The van der Waals surface area contributed by atoms with Crippen LogP contribution in [0.1, 0.15) is 12.0 Å². The van der Waals surface area contributed by atoms with Crippen LogP contribution in [-0.2, 0) is 11.2 Å². The van der Waals surface area contributed by atoms with Crippen LogP contribution < -0.4 is 10.5 Å². The number of benzene rings is 1. The quantitative estimate of drug-likeness (QED) is 0.932. The van der Waals surface area contributed by atoms with E-state index in [-0.39, 0.29) is 6.04 Å². The smallest absolute Gasteiger partial charge is 0.119 e. The largest absolute Gasteiger partial charge is 0.497 e. The van der Waals surface area contributed by atoms with E-state index in [1.165, 1.54) is 5.56 Å². The van der Waals surface area contributed by atoms with Gasteiger partial charge in [0.2, 0.25) is 0 Å². The van der Waals surface area contributed by atoms with E-state index in [4.69, 9.17) is 15.2 Å². The predicted octanol–water partition coefficient (Wildman–Crippen LogP) is 2.36. The van der Waals surface area contributed by atoms with Crippen molar-refractivity contribution in [1.82, 2.24) is 0 Å². The highest BCUT2D eigenvalue weighted by molar-refractivity contribution is 9.10. The van der Waals surface area contributed by atoms with Gasteiger partial charge in [0.05, 0.1) is 13.7 Å². The predicted molar refractivity (Wildman–Crippen MR) is 71.3 cm³/mol. The summed E-state index contributed by atoms with van der Waals surface area (Å²) in [6, 6.07) is 6.27. The molecular formula is C13H18BrNO2. The van der Waals surface area contributed by atoms with Crippen molar-refractivity contribution < 1.29 is 9.47 Å². The molecule has 1 aromatic carbocycles. The van der Waals surface area contributed by atoms with Gasteiger partial charge in [-0.25, -0.2) is 0 Å². The SMILES string of the molecule is COc1ccc(Br)c(CC2COCCC2N)c1. The molecule has 0 radical (unpaired) electrons. The molecule has 0 aliphatic carbocycles. The van der Waals surface area contributed by atoms with Crippen molar-refractivity contribution in [2.75, 3.05) is 20.3 Å². The molecule has 0 saturated carbocycles. The average molecular weight is 300 g/mol. The number of hydrogen-bond acceptors (Lipinski definition) is 3. The number of hydrogen-bond donors (Lipinski definition) is 1. The average Bonchev–Trinajstić information content (AvgIpc) is 2.35. The molecule has 4 heteroatoms. The Morgan fingerprint density at radius 1 is 1.53 bits per heavy atom. The van der Waals surface area contributed by atoms with Crippen molar-refractivity contribution in [2.45, 2.75) is 18.9 Å². The van der Waals surface area contributed by atoms with Gasteiger partial charge in [0.1, 0.15) is 5.75 Å². The molecule has 94 valence electrons. The lowest BCUT2D eigenvalue weighted by Gasteiger charge is -2.29. The van der Waals surface area contributed by atoms with E-state index >= 15 is 0 Å². The lowest BCUT2D eigenvalue weighted by Crippen LogP contribution is -2.39. The summed E-state index contributed by atoms with van der Waals surface area (Å²) in [6.45, 7) is 1.54. The van der Waals surface area contributed by atoms with Crippen LogP contribution in [0.15, 0.2) is 22.7 Å². The van der Waals surface area contributed by atoms with Gasteiger partial charge in [-0.1, -0.05) is 15.9 Å². The monoisotopic (exact) mass is 299 g/mol. The molecule has 17 heavy (non-hydrogen) atoms. The number of methoxy groups -OCH3 is 1. The van der Waals surface area contributed by atoms with Gasteiger partial charge >= 0.3 is 0 Å². The molecule has 1 aromatic rings. The summed E-state index contributed by atoms with van der Waals surface area (Å²) in [5, 5.41) is 0. The molecule has 2 unspecified atom stereocenters. The van der Waals surface area contributed by atoms with Gasteiger partial charge in [-0.2, -0.15) is 0 Å². The number of rotatable bonds is 3. The van der Waals surface area contributed by atoms with E-state index in [0.29, 0.717) is 5.92 Å². The molecule has 2 N–H and O–H groups in total. The lowest BCUT2D eigenvalue weighted by atomic mass is 9.90. The minimum atomic E-state index is 0.238. The topological polar surface area (TPSA) is 44.5 Å². The van der Waals surface area contributed by atoms with Crippen molar-refractivity contribution in [3.63, 3.8) is 0 Å². The fourth-order valence-electron chi connectivity index (χ4n) is 2.14. The zero-order valence-corrected chi connectivity index (χ0v) is 11.6. The van der Waals surface area contributed by atoms with E-state index in [0.717, 1.165) is 36.3 Å². The zero-order chi connectivity index (χ0) is 12.3. The normalized spacial score (nSPS) is 24.6. The third-order valence-corrected chi connectivity index (χ3v) is 4.04. The fourth-order valence-corrected chi connectivity index (χ4v) is 2.55. The molecular weight excluding hydrogens is 282 g/mol. The van der Waals surface area contributed by atoms with E-state index in [9.17, 15) is 0 Å². The van der Waals surface area contributed by atoms with Crippen LogP contribution in [0, 0.1) is 5.92 Å². The first-order chi connectivity index (χ1) is 8.20. The standard InChI is InChI=1S/C13H18BrNO2/c1-16-11-2-3-12(14)9(7-11)6-10-8-17-5-4-13(10)15/h2-3,7,10,13H,4-6,8,15H2,1H3. The van der Waals surface area contributed by atoms with Crippen LogP contribution in [0.5, 0.6) is 5.75 Å². The first-order valence-electron chi connectivity index (χ1n) is 5.86. The van der Waals surface area contributed by atoms with Crippen LogP contribution >= 0.6 is 15.9 Å². The third-order valence-electron chi connectivity index (χ3n) is 3.27. The van der Waals surface area contributed by atoms with Crippen molar-refractivity contribution in [2.24, 2.45) is 11.7 Å². The molecule has 0 amide bonds. The molecule has 1 heterocycles. The lowest BCUT2D eigenvalue weighted by molar-refractivity contribution is 0.0422. The zero-order valence-electron chi connectivity index (χ0n) is 9.99. The molecule has 2 rings (SSSR count). The van der Waals surface area contributed by atoms with Crippen molar-refractivity contribution >= 4 is 15.9 Å². The highest BCUT2D eigenvalue weighted by Crippen LogP contribution is 2.27. The summed E-state index contributed by atoms with van der Waals surface area (Å²) in [4.78, 5) is 0. The Kier molecular flexibility index (Phi) is 4.42. The third kappa shape index (κ3) is 3.21. The Hall–Kier alpha value is -0.580. The Labute approximate surface area is 110 Å². The van der Waals surface area contributed by atoms with Gasteiger partial charge in [-0.3, -0.25) is 0 Å². The molecule has 0 spiro atoms. The minimum Gasteiger partial charge on any atom is -0.497 e. The van der Waals surface area contributed by atoms with Crippen molar-refractivity contribution in [3.8, 4) is 5.75 Å². The van der Waals surface area contributed by atoms with Gasteiger partial charge in [-0.15, -0.1) is 0 Å². The first-order valence-corrected chi connectivity index (χ1v) is 6.65. The Morgan fingerprint density at radius 2 is 2.35 bits per heavy atom. The van der Waals surface area contributed by atoms with Crippen LogP contribution in [0.4, 0.5) is 0 Å². The molecule has 1 fully saturated rings. The highest BCUT2D eigenvalue weighted by atomic mass is 79.9. The van der Waals surface area contributed by atoms with Crippen LogP contribution in [0.3, 0.4) is 0 Å². The molecule has 1 aliphatic rings. The van der Waals surface area contributed by atoms with Crippen molar-refractivity contribution in [1.29, 1.82) is 0 Å². The van der Waals surface area contributed by atoms with E-state index < -0.39 is 0 Å². The van der Waals surface area contributed by atoms with Crippen LogP contribution in [0.25, 0.3) is 0 Å². The Balaban J connectivity index is 2.11. The maximum atomic E-state index is 6.12. The second-order valence-electron chi connectivity index (χ2n) is 4.45. The van der Waals surface area contributed by atoms with E-state index in [1.54, 1.807) is 7.11 Å². The molecule has 3 nitrogen and oxygen atoms in total. The van der Waals surface area contributed by atoms with Gasteiger partial charge in [0, 0.05) is 23.0 Å². The number of ether oxygens (including phenoxy) is 2. The first kappa shape index (κ1) is 12.9. The van der Waals surface area contributed by atoms with Crippen LogP contribution in [-0.4, -0.2) is 26.4 Å². The van der Waals surface area contributed by atoms with E-state index in [1.807, 2.05) is 12.1 Å². The molecule has 2 atom stereocenters. The Bertz CT molecular complexity index is 384. The molecule has 0 bridgehead atoms. The van der Waals surface area contributed by atoms with Gasteiger partial charge in [-0.05, 0) is 36.6 Å². The maximum absolute atomic E-state index is 6.12. The van der Waals surface area contributed by atoms with Crippen molar-refractivity contribution in [3.05, 3.63) is 28.2 Å². The molecule has 1 saturated heterocycles. The highest BCUT2D eigenvalue weighted by Gasteiger charge is 2.23. The summed E-state index contributed by atoms with van der Waals surface area (Å²) in [7, 11) is 1.68. The summed E-state index contributed by atoms with van der Waals surface area (Å²) in [5.74, 6) is 1.28. The van der Waals surface area contributed by atoms with Gasteiger partial charge < -0.3 is 15.2 Å². The fraction of sp³-hybridized carbons (Fsp3) is 0.538. The molecule has 1 aliphatic heterocycles. The second kappa shape index (κ2) is 5.85. The van der Waals surface area contributed by atoms with E-state index in [2.05, 4.69) is 22.0 Å². The minimum absolute atomic E-state index is 0.238. The number of nitrogens with two attached hydrogens (primary N) is 1.